The lowest BCUT2D eigenvalue weighted by Crippen LogP contribution is -2.36. The summed E-state index contributed by atoms with van der Waals surface area (Å²) in [6.07, 6.45) is 0.172. The molecule has 0 aliphatic heterocycles. The molecule has 5 heteroatoms. The highest BCUT2D eigenvalue weighted by molar-refractivity contribution is 5.78. The summed E-state index contributed by atoms with van der Waals surface area (Å²) in [5.74, 6) is -2.92. The van der Waals surface area contributed by atoms with Crippen molar-refractivity contribution < 1.29 is 13.6 Å². The Balaban J connectivity index is 1.92. The third-order valence-corrected chi connectivity index (χ3v) is 3.81. The van der Waals surface area contributed by atoms with E-state index >= 15 is 0 Å². The summed E-state index contributed by atoms with van der Waals surface area (Å²) in [6.45, 7) is 0.455. The second-order valence-corrected chi connectivity index (χ2v) is 5.57. The van der Waals surface area contributed by atoms with E-state index in [-0.39, 0.29) is 37.5 Å². The van der Waals surface area contributed by atoms with Crippen molar-refractivity contribution in [3.63, 3.8) is 0 Å². The molecule has 1 amide bonds. The fourth-order valence-corrected chi connectivity index (χ4v) is 2.64. The number of amides is 1. The Bertz CT molecular complexity index is 481. The molecule has 0 atom stereocenters. The third kappa shape index (κ3) is 3.68. The maximum atomic E-state index is 13.1. The van der Waals surface area contributed by atoms with Crippen LogP contribution in [-0.4, -0.2) is 23.8 Å². The fraction of sp³-hybridized carbons (Fsp3) is 0.533. The van der Waals surface area contributed by atoms with E-state index < -0.39 is 5.92 Å². The standard InChI is InChI=1S/C15H20F2N2O/c1-19(10-11-3-2-4-13(18)9-11)14(20)12-5-7-15(16,17)8-6-12/h2-4,9,12H,5-8,10,18H2,1H3. The third-order valence-electron chi connectivity index (χ3n) is 3.81. The first-order valence-electron chi connectivity index (χ1n) is 6.85. The summed E-state index contributed by atoms with van der Waals surface area (Å²) in [5, 5.41) is 0. The van der Waals surface area contributed by atoms with Crippen molar-refractivity contribution in [3.05, 3.63) is 29.8 Å². The average Bonchev–Trinajstić information content (AvgIpc) is 2.38. The van der Waals surface area contributed by atoms with E-state index in [2.05, 4.69) is 0 Å². The lowest BCUT2D eigenvalue weighted by atomic mass is 9.86. The van der Waals surface area contributed by atoms with Crippen molar-refractivity contribution in [3.8, 4) is 0 Å². The van der Waals surface area contributed by atoms with Gasteiger partial charge < -0.3 is 10.6 Å². The topological polar surface area (TPSA) is 46.3 Å². The van der Waals surface area contributed by atoms with Gasteiger partial charge in [-0.05, 0) is 30.5 Å². The second-order valence-electron chi connectivity index (χ2n) is 5.57. The van der Waals surface area contributed by atoms with Crippen LogP contribution >= 0.6 is 0 Å². The van der Waals surface area contributed by atoms with E-state index in [0.29, 0.717) is 12.2 Å². The highest BCUT2D eigenvalue weighted by atomic mass is 19.3. The lowest BCUT2D eigenvalue weighted by Gasteiger charge is -2.30. The number of hydrogen-bond donors (Lipinski definition) is 1. The maximum absolute atomic E-state index is 13.1. The van der Waals surface area contributed by atoms with E-state index in [1.807, 2.05) is 18.2 Å². The number of halogens is 2. The zero-order valence-electron chi connectivity index (χ0n) is 11.6. The second kappa shape index (κ2) is 5.77. The Morgan fingerprint density at radius 2 is 2.05 bits per heavy atom. The molecule has 0 unspecified atom stereocenters. The molecule has 1 aromatic carbocycles. The quantitative estimate of drug-likeness (QED) is 0.866. The minimum atomic E-state index is -2.59. The Kier molecular flexibility index (Phi) is 4.26. The van der Waals surface area contributed by atoms with Gasteiger partial charge in [-0.3, -0.25) is 4.79 Å². The van der Waals surface area contributed by atoms with Gasteiger partial charge in [0.15, 0.2) is 0 Å². The van der Waals surface area contributed by atoms with Gasteiger partial charge in [-0.15, -0.1) is 0 Å². The molecule has 0 saturated heterocycles. The van der Waals surface area contributed by atoms with Crippen LogP contribution < -0.4 is 5.73 Å². The number of hydrogen-bond acceptors (Lipinski definition) is 2. The Hall–Kier alpha value is -1.65. The Morgan fingerprint density at radius 1 is 1.40 bits per heavy atom. The van der Waals surface area contributed by atoms with Crippen LogP contribution in [0.4, 0.5) is 14.5 Å². The number of nitrogens with zero attached hydrogens (tertiary/aromatic N) is 1. The van der Waals surface area contributed by atoms with E-state index in [9.17, 15) is 13.6 Å². The van der Waals surface area contributed by atoms with E-state index in [0.717, 1.165) is 5.56 Å². The lowest BCUT2D eigenvalue weighted by molar-refractivity contribution is -0.138. The number of rotatable bonds is 3. The normalized spacial score (nSPS) is 18.8. The molecular weight excluding hydrogens is 262 g/mol. The molecule has 1 aliphatic carbocycles. The SMILES string of the molecule is CN(Cc1cccc(N)c1)C(=O)C1CCC(F)(F)CC1. The van der Waals surface area contributed by atoms with Gasteiger partial charge in [0, 0.05) is 38.0 Å². The zero-order chi connectivity index (χ0) is 14.8. The van der Waals surface area contributed by atoms with Crippen molar-refractivity contribution in [1.29, 1.82) is 0 Å². The summed E-state index contributed by atoms with van der Waals surface area (Å²) in [7, 11) is 1.71. The number of carbonyl (C=O) groups excluding carboxylic acids is 1. The molecule has 1 saturated carbocycles. The largest absolute Gasteiger partial charge is 0.399 e. The van der Waals surface area contributed by atoms with Crippen LogP contribution in [0.15, 0.2) is 24.3 Å². The molecule has 0 bridgehead atoms. The molecule has 3 nitrogen and oxygen atoms in total. The molecule has 2 N–H and O–H groups in total. The molecule has 1 aromatic rings. The zero-order valence-corrected chi connectivity index (χ0v) is 11.6. The molecule has 20 heavy (non-hydrogen) atoms. The van der Waals surface area contributed by atoms with Gasteiger partial charge in [0.2, 0.25) is 11.8 Å². The van der Waals surface area contributed by atoms with E-state index in [1.54, 1.807) is 18.0 Å². The number of carbonyl (C=O) groups is 1. The predicted octanol–water partition coefficient (Wildman–Crippen LogP) is 3.05. The van der Waals surface area contributed by atoms with E-state index in [1.165, 1.54) is 0 Å². The maximum Gasteiger partial charge on any atom is 0.248 e. The molecule has 2 rings (SSSR count). The van der Waals surface area contributed by atoms with Gasteiger partial charge >= 0.3 is 0 Å². The number of anilines is 1. The van der Waals surface area contributed by atoms with Crippen LogP contribution in [0.25, 0.3) is 0 Å². The van der Waals surface area contributed by atoms with Gasteiger partial charge in [-0.1, -0.05) is 12.1 Å². The number of nitrogens with two attached hydrogens (primary N) is 1. The monoisotopic (exact) mass is 282 g/mol. The van der Waals surface area contributed by atoms with Crippen LogP contribution in [0.2, 0.25) is 0 Å². The minimum absolute atomic E-state index is 0.0528. The molecule has 1 aliphatic rings. The summed E-state index contributed by atoms with van der Waals surface area (Å²) in [4.78, 5) is 13.8. The van der Waals surface area contributed by atoms with Crippen LogP contribution in [0.1, 0.15) is 31.2 Å². The van der Waals surface area contributed by atoms with Crippen molar-refractivity contribution >= 4 is 11.6 Å². The van der Waals surface area contributed by atoms with Gasteiger partial charge in [-0.2, -0.15) is 0 Å². The molecule has 0 spiro atoms. The molecule has 1 fully saturated rings. The van der Waals surface area contributed by atoms with Crippen LogP contribution in [0.3, 0.4) is 0 Å². The fourth-order valence-electron chi connectivity index (χ4n) is 2.64. The number of nitrogen functional groups attached to an aromatic ring is 1. The first-order chi connectivity index (χ1) is 9.37. The van der Waals surface area contributed by atoms with Crippen molar-refractivity contribution in [2.45, 2.75) is 38.2 Å². The summed E-state index contributed by atoms with van der Waals surface area (Å²) in [5.41, 5.74) is 7.30. The smallest absolute Gasteiger partial charge is 0.248 e. The molecular formula is C15H20F2N2O. The van der Waals surface area contributed by atoms with Crippen molar-refractivity contribution in [2.75, 3.05) is 12.8 Å². The predicted molar refractivity (Wildman–Crippen MR) is 74.2 cm³/mol. The number of alkyl halides is 2. The molecule has 0 aromatic heterocycles. The Morgan fingerprint density at radius 3 is 2.65 bits per heavy atom. The highest BCUT2D eigenvalue weighted by Gasteiger charge is 2.38. The van der Waals surface area contributed by atoms with Crippen molar-refractivity contribution in [1.82, 2.24) is 4.90 Å². The average molecular weight is 282 g/mol. The number of benzene rings is 1. The van der Waals surface area contributed by atoms with E-state index in [4.69, 9.17) is 5.73 Å². The summed E-state index contributed by atoms with van der Waals surface area (Å²) in [6, 6.07) is 7.34. The molecule has 110 valence electrons. The van der Waals surface area contributed by atoms with Crippen LogP contribution in [-0.2, 0) is 11.3 Å². The van der Waals surface area contributed by atoms with Crippen LogP contribution in [0, 0.1) is 5.92 Å². The van der Waals surface area contributed by atoms with Crippen LogP contribution in [0.5, 0.6) is 0 Å². The first-order valence-corrected chi connectivity index (χ1v) is 6.85. The van der Waals surface area contributed by atoms with Gasteiger partial charge in [0.05, 0.1) is 0 Å². The van der Waals surface area contributed by atoms with Crippen molar-refractivity contribution in [2.24, 2.45) is 5.92 Å². The summed E-state index contributed by atoms with van der Waals surface area (Å²) < 4.78 is 26.2. The van der Waals surface area contributed by atoms with Gasteiger partial charge in [0.25, 0.3) is 0 Å². The minimum Gasteiger partial charge on any atom is -0.399 e. The first kappa shape index (κ1) is 14.8. The van der Waals surface area contributed by atoms with Gasteiger partial charge in [-0.25, -0.2) is 8.78 Å². The van der Waals surface area contributed by atoms with Gasteiger partial charge in [0.1, 0.15) is 0 Å². The molecule has 0 heterocycles. The highest BCUT2D eigenvalue weighted by Crippen LogP contribution is 2.36. The molecule has 0 radical (unpaired) electrons. The summed E-state index contributed by atoms with van der Waals surface area (Å²) >= 11 is 0. The Labute approximate surface area is 117 Å².